The molecule has 1 unspecified atom stereocenters. The smallest absolute Gasteiger partial charge is 0.282 e. The molecule has 6 nitrogen and oxygen atoms in total. The zero-order chi connectivity index (χ0) is 14.8. The number of rotatable bonds is 7. The molecule has 20 heavy (non-hydrogen) atoms. The number of piperazine rings is 1. The third-order valence-electron chi connectivity index (χ3n) is 4.12. The van der Waals surface area contributed by atoms with Crippen molar-refractivity contribution in [3.63, 3.8) is 0 Å². The summed E-state index contributed by atoms with van der Waals surface area (Å²) < 4.78 is 28.3. The van der Waals surface area contributed by atoms with Crippen molar-refractivity contribution in [2.24, 2.45) is 0 Å². The lowest BCUT2D eigenvalue weighted by Gasteiger charge is -2.38. The first-order valence-corrected chi connectivity index (χ1v) is 8.96. The van der Waals surface area contributed by atoms with E-state index in [1.165, 1.54) is 17.1 Å². The summed E-state index contributed by atoms with van der Waals surface area (Å²) in [6, 6.07) is 0.736. The van der Waals surface area contributed by atoms with Crippen LogP contribution in [0.1, 0.15) is 26.2 Å². The fourth-order valence-electron chi connectivity index (χ4n) is 2.66. The first-order valence-electron chi connectivity index (χ1n) is 7.56. The predicted molar refractivity (Wildman–Crippen MR) is 80.9 cm³/mol. The first-order chi connectivity index (χ1) is 9.41. The number of nitrogens with zero attached hydrogens (tertiary/aromatic N) is 3. The molecule has 0 spiro atoms. The SMILES string of the molecule is CC1CN(C)CCN1S(=O)(=O)N(C)CCCNC1CC1. The van der Waals surface area contributed by atoms with E-state index in [1.54, 1.807) is 11.4 Å². The lowest BCUT2D eigenvalue weighted by Crippen LogP contribution is -2.56. The molecule has 0 bridgehead atoms. The molecule has 1 saturated carbocycles. The average Bonchev–Trinajstić information content (AvgIpc) is 3.17. The highest BCUT2D eigenvalue weighted by atomic mass is 32.2. The summed E-state index contributed by atoms with van der Waals surface area (Å²) in [4.78, 5) is 2.18. The zero-order valence-electron chi connectivity index (χ0n) is 12.9. The summed E-state index contributed by atoms with van der Waals surface area (Å²) in [5.74, 6) is 0. The van der Waals surface area contributed by atoms with Crippen molar-refractivity contribution in [1.29, 1.82) is 0 Å². The van der Waals surface area contributed by atoms with Crippen LogP contribution < -0.4 is 5.32 Å². The Bertz CT molecular complexity index is 411. The van der Waals surface area contributed by atoms with E-state index in [0.717, 1.165) is 26.1 Å². The Kier molecular flexibility index (Phi) is 5.42. The number of hydrogen-bond donors (Lipinski definition) is 1. The maximum Gasteiger partial charge on any atom is 0.282 e. The standard InChI is InChI=1S/C13H28N4O2S/c1-12-11-15(2)9-10-17(12)20(18,19)16(3)8-4-7-14-13-5-6-13/h12-14H,4-11H2,1-3H3. The molecule has 118 valence electrons. The van der Waals surface area contributed by atoms with Gasteiger partial charge in [-0.2, -0.15) is 17.0 Å². The van der Waals surface area contributed by atoms with Crippen LogP contribution in [0.15, 0.2) is 0 Å². The van der Waals surface area contributed by atoms with E-state index < -0.39 is 10.2 Å². The van der Waals surface area contributed by atoms with Crippen molar-refractivity contribution >= 4 is 10.2 Å². The van der Waals surface area contributed by atoms with Gasteiger partial charge in [0.25, 0.3) is 10.2 Å². The normalized spacial score (nSPS) is 26.3. The maximum atomic E-state index is 12.6. The third kappa shape index (κ3) is 4.14. The summed E-state index contributed by atoms with van der Waals surface area (Å²) in [6.07, 6.45) is 3.41. The highest BCUT2D eigenvalue weighted by molar-refractivity contribution is 7.86. The van der Waals surface area contributed by atoms with E-state index in [2.05, 4.69) is 10.2 Å². The molecule has 2 fully saturated rings. The van der Waals surface area contributed by atoms with Gasteiger partial charge < -0.3 is 10.2 Å². The largest absolute Gasteiger partial charge is 0.314 e. The molecule has 1 aliphatic carbocycles. The van der Waals surface area contributed by atoms with Crippen LogP contribution in [0, 0.1) is 0 Å². The molecule has 1 heterocycles. The summed E-state index contributed by atoms with van der Waals surface area (Å²) in [7, 11) is 0.420. The van der Waals surface area contributed by atoms with Crippen molar-refractivity contribution < 1.29 is 8.42 Å². The highest BCUT2D eigenvalue weighted by Gasteiger charge is 2.34. The number of nitrogens with one attached hydrogen (secondary N) is 1. The summed E-state index contributed by atoms with van der Waals surface area (Å²) in [5.41, 5.74) is 0. The van der Waals surface area contributed by atoms with Gasteiger partial charge in [0.15, 0.2) is 0 Å². The van der Waals surface area contributed by atoms with Crippen LogP contribution in [0.25, 0.3) is 0 Å². The molecule has 1 N–H and O–H groups in total. The Balaban J connectivity index is 1.80. The van der Waals surface area contributed by atoms with Crippen LogP contribution >= 0.6 is 0 Å². The number of likely N-dealkylation sites (N-methyl/N-ethyl adjacent to an activating group) is 1. The van der Waals surface area contributed by atoms with Crippen molar-refractivity contribution in [1.82, 2.24) is 18.8 Å². The summed E-state index contributed by atoms with van der Waals surface area (Å²) >= 11 is 0. The molecule has 0 aromatic rings. The van der Waals surface area contributed by atoms with Crippen molar-refractivity contribution in [3.05, 3.63) is 0 Å². The molecule has 2 aliphatic rings. The second kappa shape index (κ2) is 6.70. The molecular weight excluding hydrogens is 276 g/mol. The minimum atomic E-state index is -3.31. The van der Waals surface area contributed by atoms with Gasteiger partial charge in [0.2, 0.25) is 0 Å². The van der Waals surface area contributed by atoms with E-state index in [4.69, 9.17) is 0 Å². The van der Waals surface area contributed by atoms with Crippen LogP contribution in [0.3, 0.4) is 0 Å². The summed E-state index contributed by atoms with van der Waals surface area (Å²) in [5, 5.41) is 3.42. The zero-order valence-corrected chi connectivity index (χ0v) is 13.7. The van der Waals surface area contributed by atoms with E-state index in [0.29, 0.717) is 19.1 Å². The monoisotopic (exact) mass is 304 g/mol. The van der Waals surface area contributed by atoms with Gasteiger partial charge >= 0.3 is 0 Å². The van der Waals surface area contributed by atoms with E-state index >= 15 is 0 Å². The predicted octanol–water partition coefficient (Wildman–Crippen LogP) is -0.0590. The van der Waals surface area contributed by atoms with Gasteiger partial charge in [0.1, 0.15) is 0 Å². The Morgan fingerprint density at radius 1 is 1.30 bits per heavy atom. The Hall–Kier alpha value is -0.210. The molecule has 7 heteroatoms. The second-order valence-corrected chi connectivity index (χ2v) is 8.12. The van der Waals surface area contributed by atoms with Crippen LogP contribution in [0.2, 0.25) is 0 Å². The van der Waals surface area contributed by atoms with E-state index in [9.17, 15) is 8.42 Å². The lowest BCUT2D eigenvalue weighted by molar-refractivity contribution is 0.163. The molecule has 0 aromatic carbocycles. The summed E-state index contributed by atoms with van der Waals surface area (Å²) in [6.45, 7) is 5.67. The van der Waals surface area contributed by atoms with Gasteiger partial charge in [0, 0.05) is 45.3 Å². The molecular formula is C13H28N4O2S. The van der Waals surface area contributed by atoms with Gasteiger partial charge in [-0.1, -0.05) is 0 Å². The van der Waals surface area contributed by atoms with Crippen molar-refractivity contribution in [2.45, 2.75) is 38.3 Å². The molecule has 2 rings (SSSR count). The first kappa shape index (κ1) is 16.2. The van der Waals surface area contributed by atoms with Crippen LogP contribution in [0.4, 0.5) is 0 Å². The van der Waals surface area contributed by atoms with Gasteiger partial charge in [0.05, 0.1) is 0 Å². The Morgan fingerprint density at radius 2 is 2.00 bits per heavy atom. The third-order valence-corrected chi connectivity index (χ3v) is 6.23. The van der Waals surface area contributed by atoms with Crippen molar-refractivity contribution in [2.75, 3.05) is 46.8 Å². The van der Waals surface area contributed by atoms with Crippen molar-refractivity contribution in [3.8, 4) is 0 Å². The molecule has 0 radical (unpaired) electrons. The Morgan fingerprint density at radius 3 is 2.60 bits per heavy atom. The fourth-order valence-corrected chi connectivity index (χ4v) is 4.21. The van der Waals surface area contributed by atoms with E-state index in [1.807, 2.05) is 14.0 Å². The second-order valence-electron chi connectivity index (χ2n) is 6.13. The minimum Gasteiger partial charge on any atom is -0.314 e. The van der Waals surface area contributed by atoms with Crippen LogP contribution in [0.5, 0.6) is 0 Å². The van der Waals surface area contributed by atoms with Gasteiger partial charge in [-0.15, -0.1) is 0 Å². The minimum absolute atomic E-state index is 0.0470. The van der Waals surface area contributed by atoms with Gasteiger partial charge in [-0.05, 0) is 39.8 Å². The fraction of sp³-hybridized carbons (Fsp3) is 1.00. The van der Waals surface area contributed by atoms with Gasteiger partial charge in [-0.3, -0.25) is 0 Å². The highest BCUT2D eigenvalue weighted by Crippen LogP contribution is 2.18. The molecule has 1 aliphatic heterocycles. The quantitative estimate of drug-likeness (QED) is 0.670. The molecule has 1 saturated heterocycles. The molecule has 0 aromatic heterocycles. The van der Waals surface area contributed by atoms with Gasteiger partial charge in [-0.25, -0.2) is 0 Å². The van der Waals surface area contributed by atoms with Crippen LogP contribution in [-0.2, 0) is 10.2 Å². The van der Waals surface area contributed by atoms with E-state index in [-0.39, 0.29) is 6.04 Å². The molecule has 0 amide bonds. The van der Waals surface area contributed by atoms with Crippen LogP contribution in [-0.4, -0.2) is 80.8 Å². The Labute approximate surface area is 123 Å². The maximum absolute atomic E-state index is 12.6. The topological polar surface area (TPSA) is 55.9 Å². The lowest BCUT2D eigenvalue weighted by atomic mass is 10.2. The molecule has 1 atom stereocenters. The number of hydrogen-bond acceptors (Lipinski definition) is 4. The average molecular weight is 304 g/mol.